The van der Waals surface area contributed by atoms with Gasteiger partial charge in [-0.1, -0.05) is 37.3 Å². The zero-order valence-electron chi connectivity index (χ0n) is 17.3. The number of ketones is 1. The lowest BCUT2D eigenvalue weighted by Crippen LogP contribution is -2.60. The standard InChI is InChI=1S/C23H28N4O2/c1-15(20-13-25-21-11-6-5-10-19(20)21)23(24,16(2)28)22(29)26-18-9-7-8-17(12-18)14-27(3)4/h5-13,15,25H,14,24H2,1-4H3,(H,26,29). The van der Waals surface area contributed by atoms with Gasteiger partial charge in [0.2, 0.25) is 0 Å². The molecule has 1 aromatic heterocycles. The van der Waals surface area contributed by atoms with Crippen LogP contribution in [0.3, 0.4) is 0 Å². The summed E-state index contributed by atoms with van der Waals surface area (Å²) in [6, 6.07) is 15.3. The number of hydrogen-bond donors (Lipinski definition) is 3. The van der Waals surface area contributed by atoms with Crippen molar-refractivity contribution < 1.29 is 9.59 Å². The van der Waals surface area contributed by atoms with Crippen LogP contribution >= 0.6 is 0 Å². The highest BCUT2D eigenvalue weighted by Gasteiger charge is 2.45. The minimum absolute atomic E-state index is 0.378. The van der Waals surface area contributed by atoms with Crippen LogP contribution in [-0.2, 0) is 16.1 Å². The van der Waals surface area contributed by atoms with E-state index in [1.165, 1.54) is 6.92 Å². The molecule has 2 aromatic carbocycles. The van der Waals surface area contributed by atoms with Gasteiger partial charge in [0.1, 0.15) is 0 Å². The first-order chi connectivity index (χ1) is 13.7. The zero-order valence-corrected chi connectivity index (χ0v) is 17.3. The van der Waals surface area contributed by atoms with Gasteiger partial charge < -0.3 is 20.9 Å². The van der Waals surface area contributed by atoms with Crippen molar-refractivity contribution in [3.63, 3.8) is 0 Å². The fraction of sp³-hybridized carbons (Fsp3) is 0.304. The van der Waals surface area contributed by atoms with Crippen LogP contribution in [0.1, 0.15) is 30.9 Å². The molecule has 1 heterocycles. The third kappa shape index (κ3) is 4.09. The summed E-state index contributed by atoms with van der Waals surface area (Å²) in [5.41, 5.74) is 8.27. The maximum absolute atomic E-state index is 13.2. The number of rotatable bonds is 7. The second kappa shape index (κ2) is 8.19. The Morgan fingerprint density at radius 2 is 1.90 bits per heavy atom. The minimum Gasteiger partial charge on any atom is -0.361 e. The molecular weight excluding hydrogens is 364 g/mol. The summed E-state index contributed by atoms with van der Waals surface area (Å²) in [6.45, 7) is 3.93. The van der Waals surface area contributed by atoms with Crippen molar-refractivity contribution in [2.45, 2.75) is 31.8 Å². The van der Waals surface area contributed by atoms with Gasteiger partial charge in [0.15, 0.2) is 11.3 Å². The molecule has 3 aromatic rings. The van der Waals surface area contributed by atoms with Crippen LogP contribution in [-0.4, -0.2) is 41.2 Å². The van der Waals surface area contributed by atoms with Crippen molar-refractivity contribution in [3.8, 4) is 0 Å². The second-order valence-corrected chi connectivity index (χ2v) is 7.83. The Labute approximate surface area is 171 Å². The van der Waals surface area contributed by atoms with E-state index in [0.717, 1.165) is 28.6 Å². The molecule has 0 aliphatic rings. The van der Waals surface area contributed by atoms with Crippen LogP contribution < -0.4 is 11.1 Å². The van der Waals surface area contributed by atoms with Gasteiger partial charge in [-0.15, -0.1) is 0 Å². The number of benzene rings is 2. The number of nitrogens with zero attached hydrogens (tertiary/aromatic N) is 1. The molecule has 0 radical (unpaired) electrons. The number of H-pyrrole nitrogens is 1. The second-order valence-electron chi connectivity index (χ2n) is 7.83. The number of para-hydroxylation sites is 1. The van der Waals surface area contributed by atoms with Crippen LogP contribution in [0, 0.1) is 0 Å². The first kappa shape index (κ1) is 20.8. The summed E-state index contributed by atoms with van der Waals surface area (Å²) < 4.78 is 0. The maximum Gasteiger partial charge on any atom is 0.252 e. The van der Waals surface area contributed by atoms with Gasteiger partial charge in [0, 0.05) is 35.2 Å². The Kier molecular flexibility index (Phi) is 5.86. The number of anilines is 1. The van der Waals surface area contributed by atoms with E-state index in [1.54, 1.807) is 6.07 Å². The number of aromatic nitrogens is 1. The van der Waals surface area contributed by atoms with Crippen LogP contribution in [0.4, 0.5) is 5.69 Å². The molecule has 6 heteroatoms. The molecule has 0 bridgehead atoms. The zero-order chi connectivity index (χ0) is 21.2. The predicted molar refractivity (Wildman–Crippen MR) is 117 cm³/mol. The fourth-order valence-corrected chi connectivity index (χ4v) is 3.71. The lowest BCUT2D eigenvalue weighted by atomic mass is 9.77. The van der Waals surface area contributed by atoms with E-state index >= 15 is 0 Å². The van der Waals surface area contributed by atoms with Gasteiger partial charge in [-0.25, -0.2) is 0 Å². The van der Waals surface area contributed by atoms with Crippen molar-refractivity contribution >= 4 is 28.3 Å². The van der Waals surface area contributed by atoms with E-state index in [2.05, 4.69) is 10.3 Å². The Hall–Kier alpha value is -2.96. The van der Waals surface area contributed by atoms with Gasteiger partial charge in [0.05, 0.1) is 0 Å². The van der Waals surface area contributed by atoms with Gasteiger partial charge in [0.25, 0.3) is 5.91 Å². The number of carbonyl (C=O) groups excluding carboxylic acids is 2. The lowest BCUT2D eigenvalue weighted by molar-refractivity contribution is -0.132. The molecule has 1 amide bonds. The SMILES string of the molecule is CC(=O)C(N)(C(=O)Nc1cccc(CN(C)C)c1)C(C)c1c[nH]c2ccccc12. The monoisotopic (exact) mass is 392 g/mol. The molecule has 3 rings (SSSR count). The molecule has 0 spiro atoms. The number of Topliss-reactive ketones (excluding diaryl/α,β-unsaturated/α-hetero) is 1. The van der Waals surface area contributed by atoms with E-state index in [9.17, 15) is 9.59 Å². The highest BCUT2D eigenvalue weighted by molar-refractivity contribution is 6.15. The summed E-state index contributed by atoms with van der Waals surface area (Å²) in [7, 11) is 3.96. The summed E-state index contributed by atoms with van der Waals surface area (Å²) >= 11 is 0. The highest BCUT2D eigenvalue weighted by Crippen LogP contribution is 2.33. The van der Waals surface area contributed by atoms with E-state index in [0.29, 0.717) is 5.69 Å². The van der Waals surface area contributed by atoms with Crippen molar-refractivity contribution in [1.82, 2.24) is 9.88 Å². The molecule has 2 unspecified atom stereocenters. The molecule has 29 heavy (non-hydrogen) atoms. The summed E-state index contributed by atoms with van der Waals surface area (Å²) in [4.78, 5) is 31.0. The molecule has 4 N–H and O–H groups in total. The van der Waals surface area contributed by atoms with Gasteiger partial charge >= 0.3 is 0 Å². The molecular formula is C23H28N4O2. The molecule has 6 nitrogen and oxygen atoms in total. The number of carbonyl (C=O) groups is 2. The topological polar surface area (TPSA) is 91.2 Å². The van der Waals surface area contributed by atoms with Crippen LogP contribution in [0.15, 0.2) is 54.7 Å². The summed E-state index contributed by atoms with van der Waals surface area (Å²) in [5.74, 6) is -1.40. The number of nitrogens with two attached hydrogens (primary N) is 1. The molecule has 152 valence electrons. The molecule has 0 saturated carbocycles. The van der Waals surface area contributed by atoms with Crippen LogP contribution in [0.2, 0.25) is 0 Å². The number of amides is 1. The smallest absolute Gasteiger partial charge is 0.252 e. The number of hydrogen-bond acceptors (Lipinski definition) is 4. The number of aromatic amines is 1. The Balaban J connectivity index is 1.92. The molecule has 0 aliphatic carbocycles. The van der Waals surface area contributed by atoms with Gasteiger partial charge in [-0.2, -0.15) is 0 Å². The van der Waals surface area contributed by atoms with E-state index < -0.39 is 17.4 Å². The van der Waals surface area contributed by atoms with Gasteiger partial charge in [-0.3, -0.25) is 9.59 Å². The van der Waals surface area contributed by atoms with E-state index in [1.807, 2.05) is 74.6 Å². The first-order valence-corrected chi connectivity index (χ1v) is 9.64. The normalized spacial score (nSPS) is 14.6. The Morgan fingerprint density at radius 3 is 2.59 bits per heavy atom. The lowest BCUT2D eigenvalue weighted by Gasteiger charge is -2.31. The van der Waals surface area contributed by atoms with Crippen molar-refractivity contribution in [2.24, 2.45) is 5.73 Å². The molecule has 0 saturated heterocycles. The maximum atomic E-state index is 13.2. The fourth-order valence-electron chi connectivity index (χ4n) is 3.71. The van der Waals surface area contributed by atoms with Crippen molar-refractivity contribution in [3.05, 3.63) is 65.9 Å². The largest absolute Gasteiger partial charge is 0.361 e. The summed E-state index contributed by atoms with van der Waals surface area (Å²) in [6.07, 6.45) is 1.82. The molecule has 2 atom stereocenters. The number of fused-ring (bicyclic) bond motifs is 1. The van der Waals surface area contributed by atoms with Crippen LogP contribution in [0.25, 0.3) is 10.9 Å². The highest BCUT2D eigenvalue weighted by atomic mass is 16.2. The minimum atomic E-state index is -1.69. The quantitative estimate of drug-likeness (QED) is 0.538. The van der Waals surface area contributed by atoms with Crippen molar-refractivity contribution in [1.29, 1.82) is 0 Å². The Bertz CT molecular complexity index is 1040. The van der Waals surface area contributed by atoms with Gasteiger partial charge in [-0.05, 0) is 50.3 Å². The average molecular weight is 393 g/mol. The van der Waals surface area contributed by atoms with E-state index in [4.69, 9.17) is 5.73 Å². The average Bonchev–Trinajstić information content (AvgIpc) is 3.10. The Morgan fingerprint density at radius 1 is 1.17 bits per heavy atom. The van der Waals surface area contributed by atoms with Crippen molar-refractivity contribution in [2.75, 3.05) is 19.4 Å². The van der Waals surface area contributed by atoms with E-state index in [-0.39, 0.29) is 5.78 Å². The van der Waals surface area contributed by atoms with Crippen LogP contribution in [0.5, 0.6) is 0 Å². The third-order valence-corrected chi connectivity index (χ3v) is 5.41. The molecule has 0 fully saturated rings. The predicted octanol–water partition coefficient (Wildman–Crippen LogP) is 3.26. The molecule has 0 aliphatic heterocycles. The summed E-state index contributed by atoms with van der Waals surface area (Å²) in [5, 5.41) is 3.81. The first-order valence-electron chi connectivity index (χ1n) is 9.64. The third-order valence-electron chi connectivity index (χ3n) is 5.41. The number of nitrogens with one attached hydrogen (secondary N) is 2.